The minimum absolute atomic E-state index is 0.0416. The van der Waals surface area contributed by atoms with Crippen LogP contribution in [0.15, 0.2) is 57.2 Å². The van der Waals surface area contributed by atoms with Gasteiger partial charge >= 0.3 is 11.6 Å². The van der Waals surface area contributed by atoms with Crippen LogP contribution in [-0.2, 0) is 4.79 Å². The fourth-order valence-electron chi connectivity index (χ4n) is 3.04. The minimum Gasteiger partial charge on any atom is -0.497 e. The van der Waals surface area contributed by atoms with Crippen LogP contribution in [0, 0.1) is 11.3 Å². The fraction of sp³-hybridized carbons (Fsp3) is 0.200. The Kier molecular flexibility index (Phi) is 7.33. The zero-order valence-electron chi connectivity index (χ0n) is 19.0. The molecule has 1 aromatic heterocycles. The highest BCUT2D eigenvalue weighted by Crippen LogP contribution is 2.30. The van der Waals surface area contributed by atoms with Gasteiger partial charge in [-0.25, -0.2) is 9.59 Å². The molecule has 1 N–H and O–H groups in total. The van der Waals surface area contributed by atoms with Crippen LogP contribution >= 0.6 is 0 Å². The Hall–Kier alpha value is -4.58. The monoisotopic (exact) mass is 462 g/mol. The van der Waals surface area contributed by atoms with Crippen LogP contribution in [0.25, 0.3) is 17.0 Å². The number of hydrogen-bond donors (Lipinski definition) is 1. The Morgan fingerprint density at radius 1 is 1.06 bits per heavy atom. The molecule has 0 saturated carbocycles. The first kappa shape index (κ1) is 24.1. The Morgan fingerprint density at radius 2 is 1.82 bits per heavy atom. The van der Waals surface area contributed by atoms with E-state index in [4.69, 9.17) is 18.6 Å². The largest absolute Gasteiger partial charge is 0.497 e. The molecular weight excluding hydrogens is 440 g/mol. The molecule has 0 bridgehead atoms. The first-order chi connectivity index (χ1) is 16.2. The number of rotatable bonds is 7. The summed E-state index contributed by atoms with van der Waals surface area (Å²) in [7, 11) is 2.87. The molecule has 0 unspecified atom stereocenters. The van der Waals surface area contributed by atoms with Crippen molar-refractivity contribution in [3.63, 3.8) is 0 Å². The first-order valence-electron chi connectivity index (χ1n) is 10.2. The van der Waals surface area contributed by atoms with Crippen LogP contribution in [0.3, 0.4) is 0 Å². The van der Waals surface area contributed by atoms with E-state index in [2.05, 4.69) is 5.32 Å². The molecule has 174 valence electrons. The van der Waals surface area contributed by atoms with Gasteiger partial charge in [0.25, 0.3) is 5.91 Å². The standard InChI is InChI=1S/C25H22N2O7/c1-14(2)27-23(28)17(13-26)9-15-5-7-21(22(10-15)32-4)34-25(30)19-12-16-11-18(31-3)6-8-20(16)33-24(19)29/h5-12,14H,1-4H3,(H,27,28)/b17-9+. The van der Waals surface area contributed by atoms with E-state index >= 15 is 0 Å². The van der Waals surface area contributed by atoms with Gasteiger partial charge in [-0.2, -0.15) is 5.26 Å². The van der Waals surface area contributed by atoms with E-state index < -0.39 is 17.5 Å². The number of hydrogen-bond acceptors (Lipinski definition) is 8. The Balaban J connectivity index is 1.90. The quantitative estimate of drug-likeness (QED) is 0.186. The van der Waals surface area contributed by atoms with Crippen molar-refractivity contribution in [2.24, 2.45) is 0 Å². The van der Waals surface area contributed by atoms with Crippen molar-refractivity contribution in [1.29, 1.82) is 5.26 Å². The molecule has 2 aromatic carbocycles. The van der Waals surface area contributed by atoms with Crippen LogP contribution in [0.4, 0.5) is 0 Å². The van der Waals surface area contributed by atoms with Crippen molar-refractivity contribution in [2.75, 3.05) is 14.2 Å². The number of benzene rings is 2. The van der Waals surface area contributed by atoms with Crippen molar-refractivity contribution in [2.45, 2.75) is 19.9 Å². The molecule has 3 rings (SSSR count). The molecule has 9 heteroatoms. The lowest BCUT2D eigenvalue weighted by atomic mass is 10.1. The summed E-state index contributed by atoms with van der Waals surface area (Å²) < 4.78 is 21.0. The third-order valence-electron chi connectivity index (χ3n) is 4.65. The summed E-state index contributed by atoms with van der Waals surface area (Å²) in [6, 6.07) is 12.4. The predicted molar refractivity (Wildman–Crippen MR) is 124 cm³/mol. The zero-order valence-corrected chi connectivity index (χ0v) is 19.0. The van der Waals surface area contributed by atoms with Crippen molar-refractivity contribution >= 4 is 28.9 Å². The average molecular weight is 462 g/mol. The van der Waals surface area contributed by atoms with Gasteiger partial charge in [-0.1, -0.05) is 6.07 Å². The number of amides is 1. The highest BCUT2D eigenvalue weighted by atomic mass is 16.6. The molecule has 1 heterocycles. The lowest BCUT2D eigenvalue weighted by Crippen LogP contribution is -2.30. The summed E-state index contributed by atoms with van der Waals surface area (Å²) in [4.78, 5) is 37.2. The van der Waals surface area contributed by atoms with Gasteiger partial charge in [0.2, 0.25) is 0 Å². The van der Waals surface area contributed by atoms with Gasteiger partial charge in [-0.15, -0.1) is 0 Å². The normalized spacial score (nSPS) is 11.1. The number of ether oxygens (including phenoxy) is 3. The molecule has 0 saturated heterocycles. The van der Waals surface area contributed by atoms with E-state index in [1.165, 1.54) is 38.5 Å². The fourth-order valence-corrected chi connectivity index (χ4v) is 3.04. The van der Waals surface area contributed by atoms with Gasteiger partial charge in [0, 0.05) is 11.4 Å². The molecule has 0 spiro atoms. The van der Waals surface area contributed by atoms with Crippen molar-refractivity contribution in [1.82, 2.24) is 5.32 Å². The number of nitrogens with one attached hydrogen (secondary N) is 1. The topological polar surface area (TPSA) is 128 Å². The Labute approximate surface area is 195 Å². The average Bonchev–Trinajstić information content (AvgIpc) is 2.81. The van der Waals surface area contributed by atoms with Crippen molar-refractivity contribution in [3.05, 3.63) is 69.6 Å². The SMILES string of the molecule is COc1ccc2oc(=O)c(C(=O)Oc3ccc(/C=C(\C#N)C(=O)NC(C)C)cc3OC)cc2c1. The van der Waals surface area contributed by atoms with E-state index in [0.717, 1.165) is 0 Å². The van der Waals surface area contributed by atoms with Gasteiger partial charge in [0.05, 0.1) is 14.2 Å². The van der Waals surface area contributed by atoms with E-state index in [0.29, 0.717) is 22.3 Å². The maximum absolute atomic E-state index is 12.7. The Bertz CT molecular complexity index is 1380. The smallest absolute Gasteiger partial charge is 0.351 e. The number of carbonyl (C=O) groups excluding carboxylic acids is 2. The molecule has 0 radical (unpaired) electrons. The van der Waals surface area contributed by atoms with E-state index in [9.17, 15) is 19.6 Å². The second kappa shape index (κ2) is 10.4. The molecule has 0 aliphatic rings. The summed E-state index contributed by atoms with van der Waals surface area (Å²) in [6.07, 6.45) is 1.39. The number of carbonyl (C=O) groups is 2. The van der Waals surface area contributed by atoms with Crippen LogP contribution in [0.2, 0.25) is 0 Å². The number of nitrogens with zero attached hydrogens (tertiary/aromatic N) is 1. The molecule has 0 aliphatic carbocycles. The number of esters is 1. The molecule has 3 aromatic rings. The molecule has 34 heavy (non-hydrogen) atoms. The van der Waals surface area contributed by atoms with E-state index in [-0.39, 0.29) is 28.7 Å². The summed E-state index contributed by atoms with van der Waals surface area (Å²) in [5.74, 6) is -0.707. The van der Waals surface area contributed by atoms with Gasteiger partial charge < -0.3 is 23.9 Å². The van der Waals surface area contributed by atoms with Crippen LogP contribution in [0.5, 0.6) is 17.2 Å². The predicted octanol–water partition coefficient (Wildman–Crippen LogP) is 3.46. The molecule has 0 atom stereocenters. The lowest BCUT2D eigenvalue weighted by molar-refractivity contribution is -0.117. The summed E-state index contributed by atoms with van der Waals surface area (Å²) >= 11 is 0. The number of methoxy groups -OCH3 is 2. The van der Waals surface area contributed by atoms with Crippen LogP contribution in [-0.4, -0.2) is 32.1 Å². The van der Waals surface area contributed by atoms with Gasteiger partial charge in [0.1, 0.15) is 28.5 Å². The number of nitriles is 1. The summed E-state index contributed by atoms with van der Waals surface area (Å²) in [6.45, 7) is 3.57. The lowest BCUT2D eigenvalue weighted by Gasteiger charge is -2.11. The number of fused-ring (bicyclic) bond motifs is 1. The maximum Gasteiger partial charge on any atom is 0.351 e. The maximum atomic E-state index is 12.7. The van der Waals surface area contributed by atoms with E-state index in [1.807, 2.05) is 6.07 Å². The third kappa shape index (κ3) is 5.42. The van der Waals surface area contributed by atoms with Gasteiger partial charge in [0.15, 0.2) is 11.5 Å². The zero-order chi connectivity index (χ0) is 24.8. The molecular formula is C25H22N2O7. The minimum atomic E-state index is -0.936. The van der Waals surface area contributed by atoms with Crippen molar-refractivity contribution in [3.8, 4) is 23.3 Å². The van der Waals surface area contributed by atoms with Gasteiger partial charge in [-0.3, -0.25) is 4.79 Å². The summed E-state index contributed by atoms with van der Waals surface area (Å²) in [5, 5.41) is 12.4. The molecule has 0 fully saturated rings. The second-order valence-electron chi connectivity index (χ2n) is 7.45. The summed E-state index contributed by atoms with van der Waals surface area (Å²) in [5.41, 5.74) is -0.472. The second-order valence-corrected chi connectivity index (χ2v) is 7.45. The molecule has 1 amide bonds. The first-order valence-corrected chi connectivity index (χ1v) is 10.2. The highest BCUT2D eigenvalue weighted by molar-refractivity contribution is 6.02. The van der Waals surface area contributed by atoms with Crippen molar-refractivity contribution < 1.29 is 28.2 Å². The van der Waals surface area contributed by atoms with Crippen LogP contribution < -0.4 is 25.2 Å². The van der Waals surface area contributed by atoms with E-state index in [1.54, 1.807) is 38.1 Å². The molecule has 9 nitrogen and oxygen atoms in total. The molecule has 0 aliphatic heterocycles. The highest BCUT2D eigenvalue weighted by Gasteiger charge is 2.19. The van der Waals surface area contributed by atoms with Gasteiger partial charge in [-0.05, 0) is 61.9 Å². The van der Waals surface area contributed by atoms with Crippen LogP contribution in [0.1, 0.15) is 29.8 Å². The third-order valence-corrected chi connectivity index (χ3v) is 4.65. The Morgan fingerprint density at radius 3 is 2.47 bits per heavy atom.